The third-order valence-corrected chi connectivity index (χ3v) is 7.05. The number of aliphatic hydroxyl groups is 1. The van der Waals surface area contributed by atoms with Gasteiger partial charge in [-0.25, -0.2) is 4.98 Å². The molecule has 1 amide bonds. The van der Waals surface area contributed by atoms with Crippen LogP contribution >= 0.6 is 11.6 Å². The van der Waals surface area contributed by atoms with Crippen molar-refractivity contribution in [1.29, 1.82) is 0 Å². The van der Waals surface area contributed by atoms with E-state index in [0.717, 1.165) is 57.4 Å². The number of nitrogens with one attached hydrogen (secondary N) is 2. The van der Waals surface area contributed by atoms with Crippen molar-refractivity contribution in [2.24, 2.45) is 5.41 Å². The number of pyridine rings is 1. The molecule has 32 heavy (non-hydrogen) atoms. The fourth-order valence-electron chi connectivity index (χ4n) is 5.00. The Hall–Kier alpha value is -2.49. The first kappa shape index (κ1) is 21.4. The maximum atomic E-state index is 13.2. The molecular formula is C22H28ClN7O2. The van der Waals surface area contributed by atoms with Gasteiger partial charge < -0.3 is 25.5 Å². The second-order valence-electron chi connectivity index (χ2n) is 8.90. The summed E-state index contributed by atoms with van der Waals surface area (Å²) in [6, 6.07) is 1.91. The Bertz CT molecular complexity index is 998. The molecule has 0 radical (unpaired) electrons. The lowest BCUT2D eigenvalue weighted by Gasteiger charge is -2.32. The molecule has 3 aliphatic heterocycles. The molecule has 10 heteroatoms. The van der Waals surface area contributed by atoms with Gasteiger partial charge in [-0.1, -0.05) is 11.6 Å². The molecule has 3 saturated heterocycles. The highest BCUT2D eigenvalue weighted by atomic mass is 35.5. The summed E-state index contributed by atoms with van der Waals surface area (Å²) in [5.41, 5.74) is 1.25. The van der Waals surface area contributed by atoms with Gasteiger partial charge in [0.1, 0.15) is 5.02 Å². The average Bonchev–Trinajstić information content (AvgIpc) is 3.11. The van der Waals surface area contributed by atoms with E-state index in [1.54, 1.807) is 18.6 Å². The Kier molecular flexibility index (Phi) is 5.88. The number of carbonyl (C=O) groups is 1. The van der Waals surface area contributed by atoms with E-state index in [0.29, 0.717) is 35.6 Å². The Morgan fingerprint density at radius 2 is 2.03 bits per heavy atom. The van der Waals surface area contributed by atoms with Crippen LogP contribution in [0.3, 0.4) is 0 Å². The van der Waals surface area contributed by atoms with Gasteiger partial charge in [-0.3, -0.25) is 9.78 Å². The number of aromatic nitrogens is 3. The minimum atomic E-state index is -0.381. The van der Waals surface area contributed by atoms with E-state index in [2.05, 4.69) is 25.6 Å². The van der Waals surface area contributed by atoms with Crippen molar-refractivity contribution in [2.75, 3.05) is 47.8 Å². The number of hydrogen-bond acceptors (Lipinski definition) is 8. The molecule has 5 heterocycles. The zero-order valence-electron chi connectivity index (χ0n) is 17.9. The standard InChI is InChI=1S/C22H28ClN7O2/c23-18-13-26-21(28-19(18)29-8-1-2-17(31)14-29)27-15-10-16(12-25-11-15)30-9-5-22(20(30)32)3-6-24-7-4-22/h10-13,17,24,31H,1-9,14H2,(H,26,27,28)/t17-/m1/s1. The summed E-state index contributed by atoms with van der Waals surface area (Å²) in [6.07, 6.45) is 8.94. The topological polar surface area (TPSA) is 107 Å². The Balaban J connectivity index is 1.33. The fourth-order valence-corrected chi connectivity index (χ4v) is 5.21. The molecule has 1 atom stereocenters. The maximum Gasteiger partial charge on any atom is 0.233 e. The van der Waals surface area contributed by atoms with Crippen LogP contribution in [-0.2, 0) is 4.79 Å². The second kappa shape index (κ2) is 8.80. The highest BCUT2D eigenvalue weighted by molar-refractivity contribution is 6.32. The van der Waals surface area contributed by atoms with Gasteiger partial charge in [0, 0.05) is 19.6 Å². The Labute approximate surface area is 192 Å². The molecule has 9 nitrogen and oxygen atoms in total. The number of β-amino-alcohol motifs (C(OH)–C–C–N with tert-alkyl or cyclic N) is 1. The number of nitrogens with zero attached hydrogens (tertiary/aromatic N) is 5. The zero-order chi connectivity index (χ0) is 22.1. The van der Waals surface area contributed by atoms with Crippen LogP contribution in [0, 0.1) is 5.41 Å². The first-order chi connectivity index (χ1) is 15.5. The summed E-state index contributed by atoms with van der Waals surface area (Å²) in [5, 5.41) is 17.0. The molecule has 2 aromatic heterocycles. The van der Waals surface area contributed by atoms with Gasteiger partial charge >= 0.3 is 0 Å². The van der Waals surface area contributed by atoms with Crippen LogP contribution in [0.1, 0.15) is 32.1 Å². The number of hydrogen-bond donors (Lipinski definition) is 3. The summed E-state index contributed by atoms with van der Waals surface area (Å²) in [4.78, 5) is 30.3. The number of anilines is 4. The van der Waals surface area contributed by atoms with Crippen molar-refractivity contribution in [1.82, 2.24) is 20.3 Å². The smallest absolute Gasteiger partial charge is 0.233 e. The van der Waals surface area contributed by atoms with Gasteiger partial charge in [0.2, 0.25) is 11.9 Å². The summed E-state index contributed by atoms with van der Waals surface area (Å²) in [7, 11) is 0. The van der Waals surface area contributed by atoms with E-state index in [4.69, 9.17) is 11.6 Å². The third kappa shape index (κ3) is 4.12. The first-order valence-corrected chi connectivity index (χ1v) is 11.6. The largest absolute Gasteiger partial charge is 0.391 e. The van der Waals surface area contributed by atoms with E-state index in [1.807, 2.05) is 15.9 Å². The molecule has 0 unspecified atom stereocenters. The molecule has 170 valence electrons. The van der Waals surface area contributed by atoms with Crippen molar-refractivity contribution >= 4 is 40.6 Å². The van der Waals surface area contributed by atoms with Gasteiger partial charge in [-0.15, -0.1) is 0 Å². The number of piperidine rings is 2. The molecule has 1 spiro atoms. The van der Waals surface area contributed by atoms with Gasteiger partial charge in [0.15, 0.2) is 5.82 Å². The predicted octanol–water partition coefficient (Wildman–Crippen LogP) is 2.34. The molecule has 0 bridgehead atoms. The summed E-state index contributed by atoms with van der Waals surface area (Å²) >= 11 is 6.34. The van der Waals surface area contributed by atoms with Crippen LogP contribution in [0.15, 0.2) is 24.7 Å². The van der Waals surface area contributed by atoms with Crippen LogP contribution in [0.4, 0.5) is 23.1 Å². The molecule has 0 saturated carbocycles. The first-order valence-electron chi connectivity index (χ1n) is 11.2. The molecule has 0 aliphatic carbocycles. The van der Waals surface area contributed by atoms with Gasteiger partial charge in [-0.05, 0) is 51.3 Å². The monoisotopic (exact) mass is 457 g/mol. The summed E-state index contributed by atoms with van der Waals surface area (Å²) in [6.45, 7) is 3.79. The minimum absolute atomic E-state index is 0.201. The normalized spacial score (nSPS) is 23.1. The van der Waals surface area contributed by atoms with Crippen LogP contribution in [-0.4, -0.2) is 64.8 Å². The molecular weight excluding hydrogens is 430 g/mol. The maximum absolute atomic E-state index is 13.2. The Morgan fingerprint density at radius 1 is 1.19 bits per heavy atom. The zero-order valence-corrected chi connectivity index (χ0v) is 18.7. The molecule has 3 N–H and O–H groups in total. The highest BCUT2D eigenvalue weighted by Crippen LogP contribution is 2.42. The van der Waals surface area contributed by atoms with Crippen LogP contribution in [0.25, 0.3) is 0 Å². The molecule has 2 aromatic rings. The number of rotatable bonds is 4. The van der Waals surface area contributed by atoms with Crippen molar-refractivity contribution in [2.45, 2.75) is 38.2 Å². The number of aliphatic hydroxyl groups excluding tert-OH is 1. The number of carbonyl (C=O) groups excluding carboxylic acids is 1. The molecule has 3 fully saturated rings. The van der Waals surface area contributed by atoms with E-state index in [9.17, 15) is 9.90 Å². The number of amides is 1. The average molecular weight is 458 g/mol. The van der Waals surface area contributed by atoms with Crippen LogP contribution < -0.4 is 20.4 Å². The van der Waals surface area contributed by atoms with Gasteiger partial charge in [0.05, 0.1) is 41.5 Å². The summed E-state index contributed by atoms with van der Waals surface area (Å²) < 4.78 is 0. The Morgan fingerprint density at radius 3 is 2.84 bits per heavy atom. The SMILES string of the molecule is O=C1N(c2cncc(Nc3ncc(Cl)c(N4CCC[C@@H](O)C4)n3)c2)CCC12CCNCC2. The van der Waals surface area contributed by atoms with Crippen molar-refractivity contribution in [3.05, 3.63) is 29.7 Å². The predicted molar refractivity (Wildman–Crippen MR) is 124 cm³/mol. The quantitative estimate of drug-likeness (QED) is 0.642. The summed E-state index contributed by atoms with van der Waals surface area (Å²) in [5.74, 6) is 1.20. The van der Waals surface area contributed by atoms with Gasteiger partial charge in [0.25, 0.3) is 0 Å². The minimum Gasteiger partial charge on any atom is -0.391 e. The van der Waals surface area contributed by atoms with E-state index in [1.165, 1.54) is 0 Å². The van der Waals surface area contributed by atoms with Crippen molar-refractivity contribution in [3.8, 4) is 0 Å². The van der Waals surface area contributed by atoms with E-state index >= 15 is 0 Å². The molecule has 3 aliphatic rings. The van der Waals surface area contributed by atoms with Crippen molar-refractivity contribution in [3.63, 3.8) is 0 Å². The molecule has 0 aromatic carbocycles. The highest BCUT2D eigenvalue weighted by Gasteiger charge is 2.47. The van der Waals surface area contributed by atoms with Crippen LogP contribution in [0.5, 0.6) is 0 Å². The lowest BCUT2D eigenvalue weighted by molar-refractivity contribution is -0.126. The van der Waals surface area contributed by atoms with Crippen molar-refractivity contribution < 1.29 is 9.90 Å². The lowest BCUT2D eigenvalue weighted by Crippen LogP contribution is -2.42. The number of halogens is 1. The van der Waals surface area contributed by atoms with E-state index < -0.39 is 0 Å². The lowest BCUT2D eigenvalue weighted by atomic mass is 9.78. The second-order valence-corrected chi connectivity index (χ2v) is 9.31. The third-order valence-electron chi connectivity index (χ3n) is 6.79. The van der Waals surface area contributed by atoms with E-state index in [-0.39, 0.29) is 17.4 Å². The van der Waals surface area contributed by atoms with Crippen LogP contribution in [0.2, 0.25) is 5.02 Å². The fraction of sp³-hybridized carbons (Fsp3) is 0.545. The van der Waals surface area contributed by atoms with Gasteiger partial charge in [-0.2, -0.15) is 4.98 Å². The molecule has 5 rings (SSSR count).